The van der Waals surface area contributed by atoms with Crippen molar-refractivity contribution in [1.29, 1.82) is 0 Å². The van der Waals surface area contributed by atoms with Crippen LogP contribution in [0.15, 0.2) is 30.3 Å². The first kappa shape index (κ1) is 17.0. The lowest BCUT2D eigenvalue weighted by atomic mass is 9.78. The van der Waals surface area contributed by atoms with Crippen molar-refractivity contribution in [2.45, 2.75) is 37.7 Å². The molecule has 2 rings (SSSR count). The molecule has 0 radical (unpaired) electrons. The van der Waals surface area contributed by atoms with Gasteiger partial charge in [-0.25, -0.2) is 0 Å². The molecule has 1 saturated carbocycles. The van der Waals surface area contributed by atoms with Crippen LogP contribution in [-0.2, 0) is 9.53 Å². The number of aliphatic hydroxyl groups excluding tert-OH is 1. The predicted octanol–water partition coefficient (Wildman–Crippen LogP) is 2.43. The Morgan fingerprint density at radius 3 is 2.50 bits per heavy atom. The monoisotopic (exact) mass is 305 g/mol. The molecule has 0 saturated heterocycles. The highest BCUT2D eigenvalue weighted by Gasteiger charge is 2.29. The molecule has 122 valence electrons. The molecular weight excluding hydrogens is 278 g/mol. The number of aliphatic hydroxyl groups is 1. The standard InChI is InChI=1S/C18H27NO3/c1-19(12-17(20)13-22-2)18(21)16-10-8-15(9-11-16)14-6-4-3-5-7-14/h3-7,15-17,20H,8-13H2,1-2H3. The fourth-order valence-electron chi connectivity index (χ4n) is 3.36. The molecule has 0 bridgehead atoms. The zero-order valence-corrected chi connectivity index (χ0v) is 13.6. The summed E-state index contributed by atoms with van der Waals surface area (Å²) < 4.78 is 4.90. The molecule has 0 heterocycles. The maximum atomic E-state index is 12.5. The predicted molar refractivity (Wildman–Crippen MR) is 86.7 cm³/mol. The number of carbonyl (C=O) groups is 1. The fourth-order valence-corrected chi connectivity index (χ4v) is 3.36. The van der Waals surface area contributed by atoms with E-state index in [1.165, 1.54) is 5.56 Å². The number of hydrogen-bond acceptors (Lipinski definition) is 3. The molecule has 1 amide bonds. The smallest absolute Gasteiger partial charge is 0.225 e. The number of amides is 1. The molecule has 1 aliphatic rings. The second-order valence-corrected chi connectivity index (χ2v) is 6.29. The Morgan fingerprint density at radius 2 is 1.91 bits per heavy atom. The molecular formula is C18H27NO3. The number of hydrogen-bond donors (Lipinski definition) is 1. The van der Waals surface area contributed by atoms with E-state index in [-0.39, 0.29) is 18.4 Å². The van der Waals surface area contributed by atoms with Crippen LogP contribution >= 0.6 is 0 Å². The van der Waals surface area contributed by atoms with Gasteiger partial charge >= 0.3 is 0 Å². The van der Waals surface area contributed by atoms with Crippen LogP contribution in [0.4, 0.5) is 0 Å². The van der Waals surface area contributed by atoms with Crippen molar-refractivity contribution < 1.29 is 14.6 Å². The molecule has 0 spiro atoms. The molecule has 1 aromatic carbocycles. The van der Waals surface area contributed by atoms with E-state index >= 15 is 0 Å². The summed E-state index contributed by atoms with van der Waals surface area (Å²) in [5.41, 5.74) is 1.39. The minimum atomic E-state index is -0.611. The molecule has 1 atom stereocenters. The Balaban J connectivity index is 1.82. The summed E-state index contributed by atoms with van der Waals surface area (Å²) in [7, 11) is 3.32. The highest BCUT2D eigenvalue weighted by molar-refractivity contribution is 5.78. The van der Waals surface area contributed by atoms with Crippen LogP contribution in [0.3, 0.4) is 0 Å². The van der Waals surface area contributed by atoms with Crippen molar-refractivity contribution in [3.8, 4) is 0 Å². The van der Waals surface area contributed by atoms with E-state index < -0.39 is 6.10 Å². The zero-order chi connectivity index (χ0) is 15.9. The first-order valence-corrected chi connectivity index (χ1v) is 8.08. The highest BCUT2D eigenvalue weighted by atomic mass is 16.5. The van der Waals surface area contributed by atoms with E-state index in [1.807, 2.05) is 6.07 Å². The lowest BCUT2D eigenvalue weighted by molar-refractivity contribution is -0.137. The molecule has 1 N–H and O–H groups in total. The second kappa shape index (κ2) is 8.30. The minimum Gasteiger partial charge on any atom is -0.389 e. The Morgan fingerprint density at radius 1 is 1.27 bits per heavy atom. The van der Waals surface area contributed by atoms with Crippen LogP contribution in [0.1, 0.15) is 37.2 Å². The van der Waals surface area contributed by atoms with Crippen molar-refractivity contribution in [2.75, 3.05) is 27.3 Å². The largest absolute Gasteiger partial charge is 0.389 e. The zero-order valence-electron chi connectivity index (χ0n) is 13.6. The average molecular weight is 305 g/mol. The molecule has 1 unspecified atom stereocenters. The number of methoxy groups -OCH3 is 1. The SMILES string of the molecule is COCC(O)CN(C)C(=O)C1CCC(c2ccccc2)CC1. The van der Waals surface area contributed by atoms with Gasteiger partial charge in [-0.1, -0.05) is 30.3 Å². The summed E-state index contributed by atoms with van der Waals surface area (Å²) in [5.74, 6) is 0.830. The number of carbonyl (C=O) groups excluding carboxylic acids is 1. The van der Waals surface area contributed by atoms with Crippen molar-refractivity contribution in [3.05, 3.63) is 35.9 Å². The molecule has 1 fully saturated rings. The minimum absolute atomic E-state index is 0.0970. The maximum absolute atomic E-state index is 12.5. The van der Waals surface area contributed by atoms with E-state index in [9.17, 15) is 9.90 Å². The fraction of sp³-hybridized carbons (Fsp3) is 0.611. The third-order valence-corrected chi connectivity index (χ3v) is 4.57. The summed E-state index contributed by atoms with van der Waals surface area (Å²) in [5, 5.41) is 9.74. The first-order chi connectivity index (χ1) is 10.6. The Hall–Kier alpha value is -1.39. The van der Waals surface area contributed by atoms with Gasteiger partial charge in [-0.05, 0) is 37.2 Å². The molecule has 1 aliphatic carbocycles. The van der Waals surface area contributed by atoms with Gasteiger partial charge in [0.15, 0.2) is 0 Å². The topological polar surface area (TPSA) is 49.8 Å². The van der Waals surface area contributed by atoms with Crippen LogP contribution < -0.4 is 0 Å². The summed E-state index contributed by atoms with van der Waals surface area (Å²) in [6.45, 7) is 0.601. The van der Waals surface area contributed by atoms with Crippen molar-refractivity contribution in [2.24, 2.45) is 5.92 Å². The van der Waals surface area contributed by atoms with Gasteiger partial charge in [0.25, 0.3) is 0 Å². The van der Waals surface area contributed by atoms with Crippen molar-refractivity contribution >= 4 is 5.91 Å². The summed E-state index contributed by atoms with van der Waals surface area (Å²) in [6, 6.07) is 10.6. The van der Waals surface area contributed by atoms with E-state index in [4.69, 9.17) is 4.74 Å². The van der Waals surface area contributed by atoms with Crippen LogP contribution in [0.2, 0.25) is 0 Å². The maximum Gasteiger partial charge on any atom is 0.225 e. The van der Waals surface area contributed by atoms with Crippen molar-refractivity contribution in [1.82, 2.24) is 4.90 Å². The van der Waals surface area contributed by atoms with E-state index in [1.54, 1.807) is 19.1 Å². The molecule has 0 aromatic heterocycles. The van der Waals surface area contributed by atoms with Gasteiger partial charge in [0, 0.05) is 26.6 Å². The third-order valence-electron chi connectivity index (χ3n) is 4.57. The first-order valence-electron chi connectivity index (χ1n) is 8.08. The van der Waals surface area contributed by atoms with Crippen LogP contribution in [0.25, 0.3) is 0 Å². The number of ether oxygens (including phenoxy) is 1. The van der Waals surface area contributed by atoms with Crippen LogP contribution in [-0.4, -0.2) is 49.3 Å². The quantitative estimate of drug-likeness (QED) is 0.878. The van der Waals surface area contributed by atoms with Crippen molar-refractivity contribution in [3.63, 3.8) is 0 Å². The van der Waals surface area contributed by atoms with Gasteiger partial charge in [0.1, 0.15) is 0 Å². The normalized spacial score (nSPS) is 23.0. The summed E-state index contributed by atoms with van der Waals surface area (Å²) in [6.07, 6.45) is 3.38. The number of likely N-dealkylation sites (N-methyl/N-ethyl adjacent to an activating group) is 1. The van der Waals surface area contributed by atoms with Gasteiger partial charge in [-0.15, -0.1) is 0 Å². The van der Waals surface area contributed by atoms with E-state index in [0.29, 0.717) is 12.5 Å². The molecule has 0 aliphatic heterocycles. The average Bonchev–Trinajstić information content (AvgIpc) is 2.55. The molecule has 4 nitrogen and oxygen atoms in total. The Labute approximate surface area is 133 Å². The van der Waals surface area contributed by atoms with Gasteiger partial charge in [0.2, 0.25) is 5.91 Å². The van der Waals surface area contributed by atoms with Gasteiger partial charge < -0.3 is 14.7 Å². The van der Waals surface area contributed by atoms with Gasteiger partial charge in [-0.2, -0.15) is 0 Å². The van der Waals surface area contributed by atoms with Crippen LogP contribution in [0, 0.1) is 5.92 Å². The van der Waals surface area contributed by atoms with Gasteiger partial charge in [0.05, 0.1) is 12.7 Å². The number of rotatable bonds is 6. The Bertz CT molecular complexity index is 455. The van der Waals surface area contributed by atoms with Gasteiger partial charge in [-0.3, -0.25) is 4.79 Å². The van der Waals surface area contributed by atoms with Crippen LogP contribution in [0.5, 0.6) is 0 Å². The molecule has 22 heavy (non-hydrogen) atoms. The molecule has 4 heteroatoms. The number of benzene rings is 1. The number of nitrogens with zero attached hydrogens (tertiary/aromatic N) is 1. The molecule has 1 aromatic rings. The Kier molecular flexibility index (Phi) is 6.40. The summed E-state index contributed by atoms with van der Waals surface area (Å²) in [4.78, 5) is 14.1. The van der Waals surface area contributed by atoms with E-state index in [2.05, 4.69) is 24.3 Å². The third kappa shape index (κ3) is 4.55. The second-order valence-electron chi connectivity index (χ2n) is 6.29. The lowest BCUT2D eigenvalue weighted by Gasteiger charge is -2.31. The van der Waals surface area contributed by atoms with E-state index in [0.717, 1.165) is 25.7 Å². The highest BCUT2D eigenvalue weighted by Crippen LogP contribution is 2.36. The lowest BCUT2D eigenvalue weighted by Crippen LogP contribution is -2.40. The summed E-state index contributed by atoms with van der Waals surface area (Å²) >= 11 is 0.